The molecule has 1 atom stereocenters. The van der Waals surface area contributed by atoms with Crippen molar-refractivity contribution in [1.29, 1.82) is 0 Å². The first-order valence-electron chi connectivity index (χ1n) is 10.3. The van der Waals surface area contributed by atoms with E-state index in [1.54, 1.807) is 18.3 Å². The SMILES string of the molecule is CC(=O)NC1CCN(C(=O)c2sc3ccccc3c2[C@H]2CCN(C(C)=O)C2)CC1. The summed E-state index contributed by atoms with van der Waals surface area (Å²) in [4.78, 5) is 41.2. The fraction of sp³-hybridized carbons (Fsp3) is 0.500. The van der Waals surface area contributed by atoms with Gasteiger partial charge in [-0.25, -0.2) is 0 Å². The van der Waals surface area contributed by atoms with Crippen molar-refractivity contribution in [2.75, 3.05) is 26.2 Å². The van der Waals surface area contributed by atoms with Gasteiger partial charge in [-0.05, 0) is 36.3 Å². The molecule has 6 nitrogen and oxygen atoms in total. The molecule has 2 saturated heterocycles. The quantitative estimate of drug-likeness (QED) is 0.841. The Morgan fingerprint density at radius 3 is 2.34 bits per heavy atom. The molecule has 4 rings (SSSR count). The number of carbonyl (C=O) groups excluding carboxylic acids is 3. The number of hydrogen-bond acceptors (Lipinski definition) is 4. The summed E-state index contributed by atoms with van der Waals surface area (Å²) in [6.07, 6.45) is 2.46. The Bertz CT molecular complexity index is 946. The molecule has 0 radical (unpaired) electrons. The number of carbonyl (C=O) groups is 3. The fourth-order valence-corrected chi connectivity index (χ4v) is 5.83. The number of nitrogens with one attached hydrogen (secondary N) is 1. The molecule has 1 aromatic carbocycles. The van der Waals surface area contributed by atoms with Crippen LogP contribution in [0.4, 0.5) is 0 Å². The van der Waals surface area contributed by atoms with Gasteiger partial charge in [-0.1, -0.05) is 18.2 Å². The van der Waals surface area contributed by atoms with E-state index in [0.717, 1.165) is 46.3 Å². The van der Waals surface area contributed by atoms with Gasteiger partial charge in [-0.2, -0.15) is 0 Å². The second-order valence-corrected chi connectivity index (χ2v) is 9.11. The highest BCUT2D eigenvalue weighted by Gasteiger charge is 2.33. The van der Waals surface area contributed by atoms with Crippen LogP contribution in [-0.2, 0) is 9.59 Å². The molecule has 29 heavy (non-hydrogen) atoms. The number of thiophene rings is 1. The Labute approximate surface area is 174 Å². The van der Waals surface area contributed by atoms with Gasteiger partial charge in [-0.3, -0.25) is 14.4 Å². The summed E-state index contributed by atoms with van der Waals surface area (Å²) in [5, 5.41) is 4.11. The lowest BCUT2D eigenvalue weighted by atomic mass is 9.94. The first-order chi connectivity index (χ1) is 13.9. The Morgan fingerprint density at radius 1 is 1.00 bits per heavy atom. The lowest BCUT2D eigenvalue weighted by Gasteiger charge is -2.32. The lowest BCUT2D eigenvalue weighted by Crippen LogP contribution is -2.46. The highest BCUT2D eigenvalue weighted by atomic mass is 32.1. The van der Waals surface area contributed by atoms with Crippen LogP contribution in [0.2, 0.25) is 0 Å². The van der Waals surface area contributed by atoms with Gasteiger partial charge < -0.3 is 15.1 Å². The van der Waals surface area contributed by atoms with Crippen LogP contribution in [0.1, 0.15) is 54.3 Å². The normalized spacial score (nSPS) is 20.3. The van der Waals surface area contributed by atoms with Crippen LogP contribution in [0.5, 0.6) is 0 Å². The molecule has 1 N–H and O–H groups in total. The molecule has 0 unspecified atom stereocenters. The smallest absolute Gasteiger partial charge is 0.264 e. The maximum absolute atomic E-state index is 13.5. The van der Waals surface area contributed by atoms with E-state index in [9.17, 15) is 14.4 Å². The Kier molecular flexibility index (Phi) is 5.58. The first-order valence-corrected chi connectivity index (χ1v) is 11.1. The number of amides is 3. The van der Waals surface area contributed by atoms with Crippen LogP contribution >= 0.6 is 11.3 Å². The topological polar surface area (TPSA) is 69.7 Å². The molecule has 0 aliphatic carbocycles. The summed E-state index contributed by atoms with van der Waals surface area (Å²) < 4.78 is 1.13. The van der Waals surface area contributed by atoms with Gasteiger partial charge in [0, 0.05) is 56.7 Å². The molecule has 7 heteroatoms. The molecule has 2 aliphatic rings. The average molecular weight is 414 g/mol. The summed E-state index contributed by atoms with van der Waals surface area (Å²) in [6, 6.07) is 8.34. The van der Waals surface area contributed by atoms with Gasteiger partial charge in [0.15, 0.2) is 0 Å². The first kappa shape index (κ1) is 19.9. The fourth-order valence-electron chi connectivity index (χ4n) is 4.57. The lowest BCUT2D eigenvalue weighted by molar-refractivity contribution is -0.127. The Balaban J connectivity index is 1.60. The van der Waals surface area contributed by atoms with Crippen molar-refractivity contribution in [3.05, 3.63) is 34.7 Å². The third-order valence-corrected chi connectivity index (χ3v) is 7.23. The van der Waals surface area contributed by atoms with Crippen molar-refractivity contribution in [2.24, 2.45) is 0 Å². The third-order valence-electron chi connectivity index (χ3n) is 6.06. The monoisotopic (exact) mass is 413 g/mol. The van der Waals surface area contributed by atoms with Crippen LogP contribution in [0.15, 0.2) is 24.3 Å². The number of piperidine rings is 1. The zero-order valence-electron chi connectivity index (χ0n) is 16.9. The van der Waals surface area contributed by atoms with Crippen LogP contribution < -0.4 is 5.32 Å². The predicted octanol–water partition coefficient (Wildman–Crippen LogP) is 2.98. The van der Waals surface area contributed by atoms with Gasteiger partial charge in [0.2, 0.25) is 11.8 Å². The van der Waals surface area contributed by atoms with Gasteiger partial charge in [0.05, 0.1) is 4.88 Å². The summed E-state index contributed by atoms with van der Waals surface area (Å²) in [6.45, 7) is 5.89. The molecular weight excluding hydrogens is 386 g/mol. The number of benzene rings is 1. The highest BCUT2D eigenvalue weighted by Crippen LogP contribution is 2.40. The second-order valence-electron chi connectivity index (χ2n) is 8.06. The predicted molar refractivity (Wildman–Crippen MR) is 114 cm³/mol. The molecule has 0 saturated carbocycles. The molecule has 3 amide bonds. The summed E-state index contributed by atoms with van der Waals surface area (Å²) >= 11 is 1.57. The summed E-state index contributed by atoms with van der Waals surface area (Å²) in [5.41, 5.74) is 1.11. The van der Waals surface area contributed by atoms with E-state index < -0.39 is 0 Å². The van der Waals surface area contributed by atoms with Gasteiger partial charge >= 0.3 is 0 Å². The van der Waals surface area contributed by atoms with Crippen molar-refractivity contribution in [3.63, 3.8) is 0 Å². The average Bonchev–Trinajstić information content (AvgIpc) is 3.32. The number of likely N-dealkylation sites (tertiary alicyclic amines) is 2. The van der Waals surface area contributed by atoms with E-state index in [0.29, 0.717) is 19.6 Å². The largest absolute Gasteiger partial charge is 0.353 e. The molecule has 2 aromatic rings. The number of hydrogen-bond donors (Lipinski definition) is 1. The minimum atomic E-state index is -0.0159. The Morgan fingerprint density at radius 2 is 1.69 bits per heavy atom. The van der Waals surface area contributed by atoms with Crippen molar-refractivity contribution in [3.8, 4) is 0 Å². The zero-order valence-corrected chi connectivity index (χ0v) is 17.8. The summed E-state index contributed by atoms with van der Waals surface area (Å²) in [7, 11) is 0. The van der Waals surface area contributed by atoms with E-state index in [-0.39, 0.29) is 29.7 Å². The summed E-state index contributed by atoms with van der Waals surface area (Å²) in [5.74, 6) is 0.368. The molecule has 0 bridgehead atoms. The molecule has 0 spiro atoms. The van der Waals surface area contributed by atoms with Gasteiger partial charge in [0.25, 0.3) is 5.91 Å². The van der Waals surface area contributed by atoms with Crippen molar-refractivity contribution < 1.29 is 14.4 Å². The van der Waals surface area contributed by atoms with Crippen LogP contribution in [0, 0.1) is 0 Å². The highest BCUT2D eigenvalue weighted by molar-refractivity contribution is 7.21. The van der Waals surface area contributed by atoms with Gasteiger partial charge in [0.1, 0.15) is 0 Å². The van der Waals surface area contributed by atoms with E-state index >= 15 is 0 Å². The van der Waals surface area contributed by atoms with Crippen LogP contribution in [-0.4, -0.2) is 59.7 Å². The minimum Gasteiger partial charge on any atom is -0.353 e. The molecule has 2 aliphatic heterocycles. The van der Waals surface area contributed by atoms with Gasteiger partial charge in [-0.15, -0.1) is 11.3 Å². The molecular formula is C22H27N3O3S. The zero-order chi connectivity index (χ0) is 20.5. The maximum atomic E-state index is 13.5. The maximum Gasteiger partial charge on any atom is 0.264 e. The van der Waals surface area contributed by atoms with Crippen LogP contribution in [0.3, 0.4) is 0 Å². The molecule has 1 aromatic heterocycles. The minimum absolute atomic E-state index is 0.0159. The number of fused-ring (bicyclic) bond motifs is 1. The molecule has 154 valence electrons. The van der Waals surface area contributed by atoms with Crippen molar-refractivity contribution in [2.45, 2.75) is 45.1 Å². The molecule has 3 heterocycles. The van der Waals surface area contributed by atoms with E-state index in [1.807, 2.05) is 21.9 Å². The second kappa shape index (κ2) is 8.14. The molecule has 2 fully saturated rings. The Hall–Kier alpha value is -2.41. The van der Waals surface area contributed by atoms with E-state index in [4.69, 9.17) is 0 Å². The van der Waals surface area contributed by atoms with Crippen molar-refractivity contribution in [1.82, 2.24) is 15.1 Å². The van der Waals surface area contributed by atoms with E-state index in [2.05, 4.69) is 17.4 Å². The van der Waals surface area contributed by atoms with E-state index in [1.165, 1.54) is 6.92 Å². The number of nitrogens with zero attached hydrogens (tertiary/aromatic N) is 2. The third kappa shape index (κ3) is 4.01. The van der Waals surface area contributed by atoms with Crippen LogP contribution in [0.25, 0.3) is 10.1 Å². The number of rotatable bonds is 3. The van der Waals surface area contributed by atoms with Crippen molar-refractivity contribution >= 4 is 39.1 Å². The standard InChI is InChI=1S/C22H27N3O3S/c1-14(26)23-17-8-11-24(12-9-17)22(28)21-20(16-7-10-25(13-16)15(2)27)18-5-3-4-6-19(18)29-21/h3-6,16-17H,7-13H2,1-2H3,(H,23,26)/t16-/m0/s1.